The predicted molar refractivity (Wildman–Crippen MR) is 143 cm³/mol. The van der Waals surface area contributed by atoms with Gasteiger partial charge in [-0.25, -0.2) is 30.3 Å². The second kappa shape index (κ2) is 9.95. The molecule has 12 heteroatoms. The maximum absolute atomic E-state index is 14.8. The number of aryl methyl sites for hydroxylation is 1. The molecule has 0 saturated carbocycles. The molecule has 0 bridgehead atoms. The first-order valence-corrected chi connectivity index (χ1v) is 14.8. The van der Waals surface area contributed by atoms with Crippen molar-refractivity contribution in [2.75, 3.05) is 18.5 Å². The predicted octanol–water partition coefficient (Wildman–Crippen LogP) is 3.38. The summed E-state index contributed by atoms with van der Waals surface area (Å²) < 4.78 is 68.4. The van der Waals surface area contributed by atoms with Gasteiger partial charge in [0.1, 0.15) is 10.7 Å². The molecule has 2 aromatic heterocycles. The van der Waals surface area contributed by atoms with E-state index in [1.54, 1.807) is 36.2 Å². The Labute approximate surface area is 220 Å². The van der Waals surface area contributed by atoms with Gasteiger partial charge in [-0.1, -0.05) is 18.2 Å². The lowest BCUT2D eigenvalue weighted by atomic mass is 10.0. The highest BCUT2D eigenvalue weighted by Crippen LogP contribution is 2.39. The van der Waals surface area contributed by atoms with E-state index in [1.807, 2.05) is 0 Å². The lowest BCUT2D eigenvalue weighted by Crippen LogP contribution is -2.27. The van der Waals surface area contributed by atoms with Crippen LogP contribution in [0, 0.1) is 5.82 Å². The van der Waals surface area contributed by atoms with Gasteiger partial charge < -0.3 is 10.2 Å². The van der Waals surface area contributed by atoms with Gasteiger partial charge >= 0.3 is 0 Å². The van der Waals surface area contributed by atoms with Crippen molar-refractivity contribution in [3.05, 3.63) is 90.1 Å². The number of aromatic nitrogens is 2. The minimum atomic E-state index is -4.28. The largest absolute Gasteiger partial charge is 0.340 e. The minimum Gasteiger partial charge on any atom is -0.340 e. The summed E-state index contributed by atoms with van der Waals surface area (Å²) in [6.45, 7) is 0.824. The van der Waals surface area contributed by atoms with Crippen molar-refractivity contribution in [2.24, 2.45) is 5.14 Å². The fourth-order valence-corrected chi connectivity index (χ4v) is 6.81. The molecular weight excluding hydrogens is 529 g/mol. The summed E-state index contributed by atoms with van der Waals surface area (Å²) in [5, 5.41) is 8.36. The van der Waals surface area contributed by atoms with Crippen molar-refractivity contribution in [3.8, 4) is 11.3 Å². The summed E-state index contributed by atoms with van der Waals surface area (Å²) >= 11 is 0. The lowest BCUT2D eigenvalue weighted by molar-refractivity contribution is 0.586. The summed E-state index contributed by atoms with van der Waals surface area (Å²) in [4.78, 5) is 5.69. The average molecular weight is 556 g/mol. The zero-order valence-electron chi connectivity index (χ0n) is 20.5. The number of anilines is 2. The molecule has 198 valence electrons. The van der Waals surface area contributed by atoms with E-state index in [-0.39, 0.29) is 21.0 Å². The van der Waals surface area contributed by atoms with Crippen molar-refractivity contribution >= 4 is 31.4 Å². The van der Waals surface area contributed by atoms with Crippen LogP contribution in [0.25, 0.3) is 11.3 Å². The van der Waals surface area contributed by atoms with Gasteiger partial charge in [0.2, 0.25) is 10.0 Å². The number of benzene rings is 2. The molecule has 3 heterocycles. The minimum absolute atomic E-state index is 0.0643. The Morgan fingerprint density at radius 2 is 1.84 bits per heavy atom. The van der Waals surface area contributed by atoms with Crippen molar-refractivity contribution < 1.29 is 21.2 Å². The van der Waals surface area contributed by atoms with Crippen LogP contribution in [0.15, 0.2) is 83.0 Å². The average Bonchev–Trinajstić information content (AvgIpc) is 3.32. The van der Waals surface area contributed by atoms with Gasteiger partial charge in [-0.2, -0.15) is 0 Å². The molecule has 0 unspecified atom stereocenters. The number of hydrogen-bond acceptors (Lipinski definition) is 7. The SMILES string of the molecule is CNCc1cc(-c2ccccc2F)n(S(=O)(=O)c2cnccc2N2CCCc3ccc(S(N)(=O)=O)cc32)c1. The standard InChI is InChI=1S/C26H26FN5O4S2/c1-29-15-18-13-25(21-6-2-3-7-22(21)27)32(17-18)38(35,36)26-16-30-11-10-23(26)31-12-4-5-19-8-9-20(14-24(19)31)37(28,33)34/h2-3,6-11,13-14,16-17,29H,4-5,12,15H2,1H3,(H2,28,33,34). The molecule has 38 heavy (non-hydrogen) atoms. The molecule has 0 atom stereocenters. The van der Waals surface area contributed by atoms with Gasteiger partial charge in [-0.15, -0.1) is 0 Å². The van der Waals surface area contributed by atoms with E-state index >= 15 is 0 Å². The number of hydrogen-bond donors (Lipinski definition) is 2. The van der Waals surface area contributed by atoms with Crippen LogP contribution in [0.1, 0.15) is 17.5 Å². The Hall–Kier alpha value is -3.58. The number of halogens is 1. The zero-order valence-corrected chi connectivity index (χ0v) is 22.1. The number of fused-ring (bicyclic) bond motifs is 1. The molecule has 2 aromatic carbocycles. The maximum atomic E-state index is 14.8. The molecule has 0 radical (unpaired) electrons. The highest BCUT2D eigenvalue weighted by Gasteiger charge is 2.30. The summed E-state index contributed by atoms with van der Waals surface area (Å²) in [6.07, 6.45) is 5.62. The van der Waals surface area contributed by atoms with Crippen LogP contribution in [0.4, 0.5) is 15.8 Å². The highest BCUT2D eigenvalue weighted by molar-refractivity contribution is 7.90. The molecule has 0 spiro atoms. The van der Waals surface area contributed by atoms with Gasteiger partial charge in [-0.05, 0) is 67.4 Å². The van der Waals surface area contributed by atoms with E-state index in [0.717, 1.165) is 16.0 Å². The Bertz CT molecular complexity index is 1740. The van der Waals surface area contributed by atoms with Gasteiger partial charge in [0.05, 0.1) is 16.3 Å². The topological polar surface area (TPSA) is 127 Å². The first-order valence-electron chi connectivity index (χ1n) is 11.8. The Balaban J connectivity index is 1.69. The fraction of sp³-hybridized carbons (Fsp3) is 0.192. The number of nitrogens with zero attached hydrogens (tertiary/aromatic N) is 3. The van der Waals surface area contributed by atoms with Crippen molar-refractivity contribution in [3.63, 3.8) is 0 Å². The fourth-order valence-electron chi connectivity index (χ4n) is 4.74. The maximum Gasteiger partial charge on any atom is 0.271 e. The molecule has 0 saturated heterocycles. The highest BCUT2D eigenvalue weighted by atomic mass is 32.2. The Morgan fingerprint density at radius 1 is 1.05 bits per heavy atom. The van der Waals surface area contributed by atoms with Gasteiger partial charge in [0.25, 0.3) is 10.0 Å². The molecule has 9 nitrogen and oxygen atoms in total. The quantitative estimate of drug-likeness (QED) is 0.358. The second-order valence-electron chi connectivity index (χ2n) is 8.98. The molecule has 5 rings (SSSR count). The third-order valence-electron chi connectivity index (χ3n) is 6.47. The third kappa shape index (κ3) is 4.71. The van der Waals surface area contributed by atoms with E-state index in [4.69, 9.17) is 5.14 Å². The van der Waals surface area contributed by atoms with Gasteiger partial charge in [0.15, 0.2) is 0 Å². The first-order chi connectivity index (χ1) is 18.1. The third-order valence-corrected chi connectivity index (χ3v) is 9.07. The number of sulfonamides is 1. The molecule has 0 amide bonds. The molecule has 4 aromatic rings. The summed E-state index contributed by atoms with van der Waals surface area (Å²) in [7, 11) is -6.51. The van der Waals surface area contributed by atoms with Crippen molar-refractivity contribution in [1.29, 1.82) is 0 Å². The van der Waals surface area contributed by atoms with Crippen LogP contribution in [0.5, 0.6) is 0 Å². The zero-order chi connectivity index (χ0) is 27.1. The van der Waals surface area contributed by atoms with Crippen LogP contribution < -0.4 is 15.4 Å². The van der Waals surface area contributed by atoms with Gasteiger partial charge in [-0.3, -0.25) is 4.98 Å². The summed E-state index contributed by atoms with van der Waals surface area (Å²) in [5.74, 6) is -0.551. The molecule has 3 N–H and O–H groups in total. The summed E-state index contributed by atoms with van der Waals surface area (Å²) in [5.41, 5.74) is 2.73. The van der Waals surface area contributed by atoms with Crippen LogP contribution in [-0.2, 0) is 33.0 Å². The number of nitrogens with one attached hydrogen (secondary N) is 1. The molecular formula is C26H26FN5O4S2. The van der Waals surface area contributed by atoms with Crippen molar-refractivity contribution in [2.45, 2.75) is 29.2 Å². The smallest absolute Gasteiger partial charge is 0.271 e. The van der Waals surface area contributed by atoms with E-state index in [0.29, 0.717) is 36.4 Å². The molecule has 0 fully saturated rings. The van der Waals surface area contributed by atoms with E-state index in [2.05, 4.69) is 10.3 Å². The van der Waals surface area contributed by atoms with E-state index < -0.39 is 25.9 Å². The Morgan fingerprint density at radius 3 is 2.58 bits per heavy atom. The van der Waals surface area contributed by atoms with Crippen LogP contribution in [0.2, 0.25) is 0 Å². The van der Waals surface area contributed by atoms with Crippen molar-refractivity contribution in [1.82, 2.24) is 14.3 Å². The monoisotopic (exact) mass is 555 g/mol. The molecule has 0 aliphatic carbocycles. The number of nitrogens with two attached hydrogens (primary N) is 1. The number of primary sulfonamides is 1. The second-order valence-corrected chi connectivity index (χ2v) is 12.3. The first kappa shape index (κ1) is 26.0. The van der Waals surface area contributed by atoms with Crippen LogP contribution in [0.3, 0.4) is 0 Å². The molecule has 1 aliphatic rings. The molecule has 1 aliphatic heterocycles. The van der Waals surface area contributed by atoms with E-state index in [1.165, 1.54) is 48.9 Å². The Kier molecular flexibility index (Phi) is 6.82. The van der Waals surface area contributed by atoms with E-state index in [9.17, 15) is 21.2 Å². The summed E-state index contributed by atoms with van der Waals surface area (Å²) in [6, 6.07) is 13.8. The lowest BCUT2D eigenvalue weighted by Gasteiger charge is -2.33. The normalized spacial score (nSPS) is 13.9. The van der Waals surface area contributed by atoms with Crippen LogP contribution in [-0.4, -0.2) is 39.4 Å². The number of rotatable bonds is 7. The number of pyridine rings is 1. The van der Waals surface area contributed by atoms with Gasteiger partial charge in [0, 0.05) is 42.9 Å². The van der Waals surface area contributed by atoms with Crippen LogP contribution >= 0.6 is 0 Å².